The van der Waals surface area contributed by atoms with E-state index < -0.39 is 5.82 Å². The highest BCUT2D eigenvalue weighted by molar-refractivity contribution is 5.96. The number of rotatable bonds is 4. The van der Waals surface area contributed by atoms with E-state index in [0.717, 1.165) is 43.4 Å². The number of carbonyl (C=O) groups excluding carboxylic acids is 2. The molecule has 2 amide bonds. The molecule has 1 aliphatic heterocycles. The van der Waals surface area contributed by atoms with Crippen LogP contribution in [-0.2, 0) is 16.0 Å². The van der Waals surface area contributed by atoms with Crippen LogP contribution in [0.3, 0.4) is 0 Å². The van der Waals surface area contributed by atoms with Gasteiger partial charge >= 0.3 is 0 Å². The van der Waals surface area contributed by atoms with Gasteiger partial charge in [-0.25, -0.2) is 4.39 Å². The van der Waals surface area contributed by atoms with E-state index in [1.54, 1.807) is 0 Å². The second kappa shape index (κ2) is 8.64. The third kappa shape index (κ3) is 4.58. The van der Waals surface area contributed by atoms with Crippen LogP contribution in [0.15, 0.2) is 42.5 Å². The van der Waals surface area contributed by atoms with E-state index in [2.05, 4.69) is 10.6 Å². The van der Waals surface area contributed by atoms with Gasteiger partial charge in [0, 0.05) is 11.6 Å². The molecule has 5 nitrogen and oxygen atoms in total. The number of hydrogen-bond acceptors (Lipinski definition) is 3. The van der Waals surface area contributed by atoms with Crippen LogP contribution in [0.5, 0.6) is 5.75 Å². The molecule has 1 atom stereocenters. The van der Waals surface area contributed by atoms with E-state index in [4.69, 9.17) is 4.74 Å². The van der Waals surface area contributed by atoms with Gasteiger partial charge in [0.05, 0.1) is 11.6 Å². The highest BCUT2D eigenvalue weighted by Gasteiger charge is 2.26. The Morgan fingerprint density at radius 3 is 2.52 bits per heavy atom. The molecular weight excluding hydrogens is 371 g/mol. The molecule has 1 aliphatic carbocycles. The minimum absolute atomic E-state index is 0.0687. The fraction of sp³-hybridized carbons (Fsp3) is 0.391. The Bertz CT molecular complexity index is 909. The van der Waals surface area contributed by atoms with Gasteiger partial charge in [-0.2, -0.15) is 0 Å². The Kier molecular flexibility index (Phi) is 5.79. The molecule has 2 aromatic rings. The van der Waals surface area contributed by atoms with E-state index in [1.807, 2.05) is 24.3 Å². The second-order valence-electron chi connectivity index (χ2n) is 7.83. The predicted octanol–water partition coefficient (Wildman–Crippen LogP) is 4.53. The maximum absolute atomic E-state index is 14.2. The van der Waals surface area contributed by atoms with Crippen molar-refractivity contribution in [2.75, 3.05) is 17.2 Å². The second-order valence-corrected chi connectivity index (χ2v) is 7.83. The average molecular weight is 396 g/mol. The Hall–Kier alpha value is -2.89. The van der Waals surface area contributed by atoms with Crippen LogP contribution >= 0.6 is 0 Å². The first-order valence-corrected chi connectivity index (χ1v) is 10.2. The summed E-state index contributed by atoms with van der Waals surface area (Å²) in [6.07, 6.45) is 5.48. The zero-order chi connectivity index (χ0) is 20.2. The summed E-state index contributed by atoms with van der Waals surface area (Å²) in [6, 6.07) is 11.9. The number of fused-ring (bicyclic) bond motifs is 1. The molecule has 0 spiro atoms. The number of carbonyl (C=O) groups is 2. The first-order valence-electron chi connectivity index (χ1n) is 10.2. The molecule has 0 radical (unpaired) electrons. The van der Waals surface area contributed by atoms with Crippen molar-refractivity contribution in [2.24, 2.45) is 11.8 Å². The lowest BCUT2D eigenvalue weighted by Crippen LogP contribution is -2.32. The lowest BCUT2D eigenvalue weighted by molar-refractivity contribution is -0.121. The summed E-state index contributed by atoms with van der Waals surface area (Å²) in [5.74, 6) is -0.427. The Labute approximate surface area is 169 Å². The van der Waals surface area contributed by atoms with E-state index in [9.17, 15) is 14.0 Å². The smallest absolute Gasteiger partial charge is 0.231 e. The van der Waals surface area contributed by atoms with Crippen molar-refractivity contribution in [3.63, 3.8) is 0 Å². The van der Waals surface area contributed by atoms with Crippen molar-refractivity contribution >= 4 is 23.2 Å². The van der Waals surface area contributed by atoms with Crippen molar-refractivity contribution in [1.82, 2.24) is 0 Å². The van der Waals surface area contributed by atoms with Gasteiger partial charge in [-0.05, 0) is 49.1 Å². The predicted molar refractivity (Wildman–Crippen MR) is 109 cm³/mol. The fourth-order valence-electron chi connectivity index (χ4n) is 4.04. The van der Waals surface area contributed by atoms with Crippen LogP contribution in [-0.4, -0.2) is 18.4 Å². The summed E-state index contributed by atoms with van der Waals surface area (Å²) in [6.45, 7) is 0.301. The van der Waals surface area contributed by atoms with Gasteiger partial charge in [-0.15, -0.1) is 0 Å². The summed E-state index contributed by atoms with van der Waals surface area (Å²) in [4.78, 5) is 25.1. The Morgan fingerprint density at radius 1 is 0.931 bits per heavy atom. The molecule has 0 bridgehead atoms. The molecule has 0 unspecified atom stereocenters. The molecule has 1 heterocycles. The Morgan fingerprint density at radius 2 is 1.69 bits per heavy atom. The van der Waals surface area contributed by atoms with Crippen molar-refractivity contribution < 1.29 is 18.7 Å². The number of benzene rings is 2. The molecular formula is C23H25FN2O3. The summed E-state index contributed by atoms with van der Waals surface area (Å²) >= 11 is 0. The quantitative estimate of drug-likeness (QED) is 0.798. The zero-order valence-corrected chi connectivity index (χ0v) is 16.2. The topological polar surface area (TPSA) is 67.4 Å². The fourth-order valence-corrected chi connectivity index (χ4v) is 4.04. The molecule has 0 aromatic heterocycles. The summed E-state index contributed by atoms with van der Waals surface area (Å²) < 4.78 is 19.9. The van der Waals surface area contributed by atoms with Crippen molar-refractivity contribution in [1.29, 1.82) is 0 Å². The van der Waals surface area contributed by atoms with Crippen molar-refractivity contribution in [2.45, 2.75) is 38.5 Å². The summed E-state index contributed by atoms with van der Waals surface area (Å²) in [5, 5.41) is 5.52. The molecule has 2 N–H and O–H groups in total. The molecule has 152 valence electrons. The number of nitrogens with one attached hydrogen (secondary N) is 2. The largest absolute Gasteiger partial charge is 0.492 e. The van der Waals surface area contributed by atoms with Crippen LogP contribution in [0.25, 0.3) is 0 Å². The van der Waals surface area contributed by atoms with Gasteiger partial charge in [0.25, 0.3) is 0 Å². The number of para-hydroxylation sites is 1. The first kappa shape index (κ1) is 19.4. The Balaban J connectivity index is 1.41. The maximum Gasteiger partial charge on any atom is 0.231 e. The standard InChI is InChI=1S/C23H25FN2O3/c24-19-11-10-18(13-20(19)26-22(27)15-6-2-1-3-7-15)25-23(28)17-12-16-8-4-5-9-21(16)29-14-17/h4-5,8-11,13,15,17H,1-3,6-7,12,14H2,(H,25,28)(H,26,27)/t17-/m0/s1. The van der Waals surface area contributed by atoms with Crippen molar-refractivity contribution in [3.8, 4) is 5.75 Å². The zero-order valence-electron chi connectivity index (χ0n) is 16.2. The van der Waals surface area contributed by atoms with Crippen LogP contribution in [0.2, 0.25) is 0 Å². The van der Waals surface area contributed by atoms with Gasteiger partial charge in [0.15, 0.2) is 0 Å². The minimum atomic E-state index is -0.512. The highest BCUT2D eigenvalue weighted by atomic mass is 19.1. The van der Waals surface area contributed by atoms with Crippen LogP contribution < -0.4 is 15.4 Å². The van der Waals surface area contributed by atoms with Gasteiger partial charge in [0.2, 0.25) is 11.8 Å². The van der Waals surface area contributed by atoms with E-state index in [1.165, 1.54) is 18.2 Å². The SMILES string of the molecule is O=C(Nc1cc(NC(=O)[C@@H]2COc3ccccc3C2)ccc1F)C1CCCCC1. The molecule has 2 aliphatic rings. The van der Waals surface area contributed by atoms with E-state index in [0.29, 0.717) is 18.7 Å². The molecule has 4 rings (SSSR count). The lowest BCUT2D eigenvalue weighted by Gasteiger charge is -2.24. The number of amides is 2. The molecule has 1 fully saturated rings. The number of halogens is 1. The number of ether oxygens (including phenoxy) is 1. The monoisotopic (exact) mass is 396 g/mol. The molecule has 0 saturated heterocycles. The molecule has 2 aromatic carbocycles. The summed E-state index contributed by atoms with van der Waals surface area (Å²) in [5.41, 5.74) is 1.55. The van der Waals surface area contributed by atoms with Gasteiger partial charge in [-0.1, -0.05) is 37.5 Å². The van der Waals surface area contributed by atoms with Crippen LogP contribution in [0.1, 0.15) is 37.7 Å². The molecule has 6 heteroatoms. The average Bonchev–Trinajstić information content (AvgIpc) is 2.76. The summed E-state index contributed by atoms with van der Waals surface area (Å²) in [7, 11) is 0. The van der Waals surface area contributed by atoms with E-state index >= 15 is 0 Å². The molecule has 1 saturated carbocycles. The third-order valence-corrected chi connectivity index (χ3v) is 5.72. The maximum atomic E-state index is 14.2. The number of hydrogen-bond donors (Lipinski definition) is 2. The highest BCUT2D eigenvalue weighted by Crippen LogP contribution is 2.29. The first-order chi connectivity index (χ1) is 14.1. The van der Waals surface area contributed by atoms with Gasteiger partial charge in [-0.3, -0.25) is 9.59 Å². The molecule has 29 heavy (non-hydrogen) atoms. The van der Waals surface area contributed by atoms with Crippen molar-refractivity contribution in [3.05, 3.63) is 53.8 Å². The lowest BCUT2D eigenvalue weighted by atomic mass is 9.88. The minimum Gasteiger partial charge on any atom is -0.492 e. The normalized spacial score (nSPS) is 19.0. The van der Waals surface area contributed by atoms with Crippen LogP contribution in [0.4, 0.5) is 15.8 Å². The van der Waals surface area contributed by atoms with Crippen LogP contribution in [0, 0.1) is 17.7 Å². The van der Waals surface area contributed by atoms with Gasteiger partial charge < -0.3 is 15.4 Å². The van der Waals surface area contributed by atoms with Gasteiger partial charge in [0.1, 0.15) is 18.2 Å². The third-order valence-electron chi connectivity index (χ3n) is 5.72. The number of anilines is 2. The van der Waals surface area contributed by atoms with E-state index in [-0.39, 0.29) is 29.3 Å².